The molecule has 29 heavy (non-hydrogen) atoms. The van der Waals surface area contributed by atoms with Crippen LogP contribution in [0.15, 0.2) is 42.5 Å². The number of halogens is 2. The number of rotatable bonds is 5. The first-order chi connectivity index (χ1) is 13.9. The van der Waals surface area contributed by atoms with Gasteiger partial charge in [-0.15, -0.1) is 0 Å². The predicted molar refractivity (Wildman–Crippen MR) is 103 cm³/mol. The van der Waals surface area contributed by atoms with Crippen molar-refractivity contribution in [3.63, 3.8) is 0 Å². The van der Waals surface area contributed by atoms with Crippen LogP contribution in [-0.4, -0.2) is 25.0 Å². The lowest BCUT2D eigenvalue weighted by atomic mass is 9.92. The molecule has 7 heteroatoms. The van der Waals surface area contributed by atoms with Gasteiger partial charge in [-0.25, -0.2) is 13.6 Å². The molecule has 0 saturated heterocycles. The molecule has 0 spiro atoms. The van der Waals surface area contributed by atoms with Crippen LogP contribution in [0, 0.1) is 11.6 Å². The summed E-state index contributed by atoms with van der Waals surface area (Å²) in [5, 5.41) is 5.60. The van der Waals surface area contributed by atoms with Crippen molar-refractivity contribution < 1.29 is 23.1 Å². The highest BCUT2D eigenvalue weighted by Crippen LogP contribution is 2.45. The minimum atomic E-state index is -0.973. The second kappa shape index (κ2) is 7.46. The Bertz CT molecular complexity index is 921. The molecular weight excluding hydrogens is 378 g/mol. The molecule has 2 atom stereocenters. The summed E-state index contributed by atoms with van der Waals surface area (Å²) >= 11 is 0. The number of benzene rings is 2. The number of carbonyl (C=O) groups excluding carboxylic acids is 2. The third kappa shape index (κ3) is 3.69. The fourth-order valence-electron chi connectivity index (χ4n) is 4.13. The van der Waals surface area contributed by atoms with Crippen LogP contribution >= 0.6 is 0 Å². The van der Waals surface area contributed by atoms with Crippen LogP contribution in [0.3, 0.4) is 0 Å². The summed E-state index contributed by atoms with van der Waals surface area (Å²) in [6.07, 6.45) is 2.03. The Labute approximate surface area is 167 Å². The zero-order chi connectivity index (χ0) is 20.6. The summed E-state index contributed by atoms with van der Waals surface area (Å²) in [5.41, 5.74) is 0.363. The van der Waals surface area contributed by atoms with Crippen molar-refractivity contribution in [2.24, 2.45) is 0 Å². The quantitative estimate of drug-likeness (QED) is 0.803. The number of hydrogen-bond acceptors (Lipinski definition) is 3. The molecule has 2 aromatic rings. The molecule has 0 bridgehead atoms. The van der Waals surface area contributed by atoms with E-state index in [9.17, 15) is 18.4 Å². The summed E-state index contributed by atoms with van der Waals surface area (Å²) in [6.45, 7) is 0. The van der Waals surface area contributed by atoms with Crippen molar-refractivity contribution in [3.05, 3.63) is 65.2 Å². The van der Waals surface area contributed by atoms with Crippen LogP contribution < -0.4 is 15.4 Å². The van der Waals surface area contributed by atoms with Crippen LogP contribution in [0.2, 0.25) is 0 Å². The van der Waals surface area contributed by atoms with Crippen molar-refractivity contribution in [2.75, 3.05) is 7.11 Å². The molecule has 2 saturated carbocycles. The summed E-state index contributed by atoms with van der Waals surface area (Å²) < 4.78 is 33.9. The van der Waals surface area contributed by atoms with Crippen molar-refractivity contribution >= 4 is 11.8 Å². The zero-order valence-electron chi connectivity index (χ0n) is 16.0. The summed E-state index contributed by atoms with van der Waals surface area (Å²) in [6, 6.07) is 10.3. The largest absolute Gasteiger partial charge is 0.497 e. The third-order valence-electron chi connectivity index (χ3n) is 5.83. The first-order valence-corrected chi connectivity index (χ1v) is 9.63. The van der Waals surface area contributed by atoms with Crippen LogP contribution in [0.5, 0.6) is 5.75 Å². The van der Waals surface area contributed by atoms with Gasteiger partial charge in [-0.3, -0.25) is 4.79 Å². The lowest BCUT2D eigenvalue weighted by Gasteiger charge is -2.24. The summed E-state index contributed by atoms with van der Waals surface area (Å²) in [5.74, 6) is -2.49. The van der Waals surface area contributed by atoms with Crippen LogP contribution in [-0.2, 0) is 10.3 Å². The number of nitrogens with one attached hydrogen (secondary N) is 2. The van der Waals surface area contributed by atoms with E-state index in [4.69, 9.17) is 4.74 Å². The van der Waals surface area contributed by atoms with Crippen molar-refractivity contribution in [1.82, 2.24) is 10.6 Å². The molecule has 4 rings (SSSR count). The van der Waals surface area contributed by atoms with E-state index < -0.39 is 35.2 Å². The first-order valence-electron chi connectivity index (χ1n) is 9.63. The Morgan fingerprint density at radius 2 is 1.79 bits per heavy atom. The lowest BCUT2D eigenvalue weighted by Crippen LogP contribution is -2.49. The number of amides is 2. The van der Waals surface area contributed by atoms with E-state index in [-0.39, 0.29) is 29.9 Å². The lowest BCUT2D eigenvalue weighted by molar-refractivity contribution is -0.119. The summed E-state index contributed by atoms with van der Waals surface area (Å²) in [4.78, 5) is 25.0. The standard InChI is InChI=1S/C22H22F2N2O3/c1-29-14-11-16(23)19(17(24)12-14)15-7-8-18(27)20(15)25-21(28)26-22(9-10-22)13-5-3-2-4-6-13/h2-6,11-12,15,20H,7-10H2,1H3,(H2,25,26,28)/t15-,20-/m0/s1. The number of ether oxygens (including phenoxy) is 1. The fourth-order valence-corrected chi connectivity index (χ4v) is 4.13. The van der Waals surface area contributed by atoms with E-state index in [1.54, 1.807) is 0 Å². The van der Waals surface area contributed by atoms with Gasteiger partial charge < -0.3 is 15.4 Å². The van der Waals surface area contributed by atoms with E-state index >= 15 is 0 Å². The number of urea groups is 1. The van der Waals surface area contributed by atoms with Crippen molar-refractivity contribution in [1.29, 1.82) is 0 Å². The molecule has 2 aliphatic rings. The SMILES string of the molecule is COc1cc(F)c([C@@H]2CCC(=O)[C@H]2NC(=O)NC2(c3ccccc3)CC2)c(F)c1. The van der Waals surface area contributed by atoms with E-state index in [1.165, 1.54) is 7.11 Å². The number of Topliss-reactive ketones (excluding diaryl/α,β-unsaturated/α-hetero) is 1. The van der Waals surface area contributed by atoms with Gasteiger partial charge >= 0.3 is 6.03 Å². The van der Waals surface area contributed by atoms with Gasteiger partial charge in [0.2, 0.25) is 0 Å². The average Bonchev–Trinajstić information content (AvgIpc) is 3.41. The molecule has 0 unspecified atom stereocenters. The van der Waals surface area contributed by atoms with Crippen LogP contribution in [0.1, 0.15) is 42.7 Å². The van der Waals surface area contributed by atoms with Gasteiger partial charge in [-0.1, -0.05) is 30.3 Å². The van der Waals surface area contributed by atoms with Crippen molar-refractivity contribution in [3.8, 4) is 5.75 Å². The molecule has 5 nitrogen and oxygen atoms in total. The number of methoxy groups -OCH3 is 1. The molecule has 152 valence electrons. The molecule has 2 aromatic carbocycles. The van der Waals surface area contributed by atoms with E-state index in [2.05, 4.69) is 10.6 Å². The number of ketones is 1. The van der Waals surface area contributed by atoms with Crippen LogP contribution in [0.25, 0.3) is 0 Å². The Morgan fingerprint density at radius 3 is 2.38 bits per heavy atom. The molecule has 2 amide bonds. The monoisotopic (exact) mass is 400 g/mol. The van der Waals surface area contributed by atoms with Crippen molar-refractivity contribution in [2.45, 2.75) is 43.2 Å². The van der Waals surface area contributed by atoms with Gasteiger partial charge in [0.15, 0.2) is 5.78 Å². The first kappa shape index (κ1) is 19.4. The van der Waals surface area contributed by atoms with Gasteiger partial charge in [0, 0.05) is 30.0 Å². The van der Waals surface area contributed by atoms with E-state index in [1.807, 2.05) is 30.3 Å². The molecule has 0 aromatic heterocycles. The molecular formula is C22H22F2N2O3. The maximum atomic E-state index is 14.5. The second-order valence-corrected chi connectivity index (χ2v) is 7.64. The molecule has 0 radical (unpaired) electrons. The van der Waals surface area contributed by atoms with Crippen LogP contribution in [0.4, 0.5) is 13.6 Å². The number of carbonyl (C=O) groups is 2. The predicted octanol–water partition coefficient (Wildman–Crippen LogP) is 3.78. The highest BCUT2D eigenvalue weighted by Gasteiger charge is 2.47. The molecule has 0 heterocycles. The fraction of sp³-hybridized carbons (Fsp3) is 0.364. The maximum absolute atomic E-state index is 14.5. The van der Waals surface area contributed by atoms with Gasteiger partial charge in [-0.2, -0.15) is 0 Å². The molecule has 2 aliphatic carbocycles. The third-order valence-corrected chi connectivity index (χ3v) is 5.83. The minimum absolute atomic E-state index is 0.0638. The maximum Gasteiger partial charge on any atom is 0.316 e. The Hall–Kier alpha value is -2.96. The highest BCUT2D eigenvalue weighted by atomic mass is 19.1. The second-order valence-electron chi connectivity index (χ2n) is 7.64. The molecule has 0 aliphatic heterocycles. The van der Waals surface area contributed by atoms with E-state index in [0.717, 1.165) is 30.5 Å². The normalized spacial score (nSPS) is 22.2. The number of hydrogen-bond donors (Lipinski definition) is 2. The topological polar surface area (TPSA) is 67.4 Å². The van der Waals surface area contributed by atoms with Gasteiger partial charge in [0.1, 0.15) is 17.4 Å². The van der Waals surface area contributed by atoms with Gasteiger partial charge in [0.05, 0.1) is 18.7 Å². The molecule has 2 N–H and O–H groups in total. The zero-order valence-corrected chi connectivity index (χ0v) is 16.0. The Balaban J connectivity index is 1.52. The minimum Gasteiger partial charge on any atom is -0.497 e. The summed E-state index contributed by atoms with van der Waals surface area (Å²) in [7, 11) is 1.32. The highest BCUT2D eigenvalue weighted by molar-refractivity contribution is 5.91. The Morgan fingerprint density at radius 1 is 1.14 bits per heavy atom. The average molecular weight is 400 g/mol. The van der Waals surface area contributed by atoms with Gasteiger partial charge in [-0.05, 0) is 24.8 Å². The molecule has 2 fully saturated rings. The smallest absolute Gasteiger partial charge is 0.316 e. The van der Waals surface area contributed by atoms with Gasteiger partial charge in [0.25, 0.3) is 0 Å². The Kier molecular flexibility index (Phi) is 4.98. The van der Waals surface area contributed by atoms with E-state index in [0.29, 0.717) is 0 Å².